The number of pyridine rings is 1. The minimum atomic E-state index is -2.85. The fraction of sp³-hybridized carbons (Fsp3) is 0.545. The second-order valence-corrected chi connectivity index (χ2v) is 4.38. The molecular weight excluding hydrogens is 214 g/mol. The van der Waals surface area contributed by atoms with Crippen LogP contribution in [0.3, 0.4) is 0 Å². The summed E-state index contributed by atoms with van der Waals surface area (Å²) in [7, 11) is 0. The average molecular weight is 228 g/mol. The molecule has 0 amide bonds. The Morgan fingerprint density at radius 1 is 1.44 bits per heavy atom. The summed E-state index contributed by atoms with van der Waals surface area (Å²) in [5.41, 5.74) is 4.16. The summed E-state index contributed by atoms with van der Waals surface area (Å²) in [5.74, 6) is -2.52. The minimum Gasteiger partial charge on any atom is -0.475 e. The maximum Gasteiger partial charge on any atom is 0.273 e. The van der Waals surface area contributed by atoms with E-state index in [0.717, 1.165) is 0 Å². The Bertz CT molecular complexity index is 409. The zero-order valence-corrected chi connectivity index (χ0v) is 9.21. The van der Waals surface area contributed by atoms with E-state index in [9.17, 15) is 8.78 Å². The van der Waals surface area contributed by atoms with Crippen LogP contribution in [-0.2, 0) is 5.54 Å². The summed E-state index contributed by atoms with van der Waals surface area (Å²) in [6, 6.07) is 4.77. The minimum absolute atomic E-state index is 0.0452. The maximum absolute atomic E-state index is 13.1. The summed E-state index contributed by atoms with van der Waals surface area (Å²) in [6.45, 7) is 3.69. The van der Waals surface area contributed by atoms with Crippen molar-refractivity contribution >= 4 is 0 Å². The number of ether oxygens (including phenoxy) is 1. The molecular formula is C11H14F2N2O. The molecule has 1 heterocycles. The summed E-state index contributed by atoms with van der Waals surface area (Å²) < 4.78 is 31.4. The van der Waals surface area contributed by atoms with Crippen molar-refractivity contribution in [3.63, 3.8) is 0 Å². The Morgan fingerprint density at radius 3 is 2.56 bits per heavy atom. The van der Waals surface area contributed by atoms with Gasteiger partial charge in [0.2, 0.25) is 5.88 Å². The second-order valence-electron chi connectivity index (χ2n) is 4.38. The van der Waals surface area contributed by atoms with Gasteiger partial charge in [0.15, 0.2) is 0 Å². The molecule has 1 aliphatic carbocycles. The van der Waals surface area contributed by atoms with Crippen LogP contribution >= 0.6 is 0 Å². The third-order valence-corrected chi connectivity index (χ3v) is 2.57. The molecule has 2 rings (SSSR count). The first-order valence-corrected chi connectivity index (χ1v) is 5.16. The predicted molar refractivity (Wildman–Crippen MR) is 55.4 cm³/mol. The molecule has 0 aliphatic heterocycles. The Labute approximate surface area is 92.6 Å². The van der Waals surface area contributed by atoms with Crippen molar-refractivity contribution in [1.82, 2.24) is 4.98 Å². The van der Waals surface area contributed by atoms with Gasteiger partial charge in [-0.05, 0) is 19.9 Å². The van der Waals surface area contributed by atoms with Gasteiger partial charge in [0, 0.05) is 12.5 Å². The molecule has 0 spiro atoms. The van der Waals surface area contributed by atoms with E-state index >= 15 is 0 Å². The van der Waals surface area contributed by atoms with Gasteiger partial charge in [-0.3, -0.25) is 0 Å². The molecule has 16 heavy (non-hydrogen) atoms. The van der Waals surface area contributed by atoms with Crippen LogP contribution in [0, 0.1) is 0 Å². The van der Waals surface area contributed by atoms with Gasteiger partial charge in [0.25, 0.3) is 5.92 Å². The van der Waals surface area contributed by atoms with Gasteiger partial charge in [0.05, 0.1) is 11.8 Å². The van der Waals surface area contributed by atoms with Gasteiger partial charge in [-0.15, -0.1) is 0 Å². The van der Waals surface area contributed by atoms with Crippen LogP contribution in [-0.4, -0.2) is 17.0 Å². The molecule has 1 aromatic heterocycles. The van der Waals surface area contributed by atoms with Gasteiger partial charge < -0.3 is 10.5 Å². The van der Waals surface area contributed by atoms with E-state index in [4.69, 9.17) is 10.5 Å². The largest absolute Gasteiger partial charge is 0.475 e. The fourth-order valence-corrected chi connectivity index (χ4v) is 1.55. The second kappa shape index (κ2) is 3.38. The molecule has 1 fully saturated rings. The van der Waals surface area contributed by atoms with E-state index in [2.05, 4.69) is 4.98 Å². The molecule has 0 aromatic carbocycles. The van der Waals surface area contributed by atoms with Crippen molar-refractivity contribution in [1.29, 1.82) is 0 Å². The smallest absolute Gasteiger partial charge is 0.273 e. The summed E-state index contributed by atoms with van der Waals surface area (Å²) in [5, 5.41) is 0. The molecule has 2 N–H and O–H groups in total. The van der Waals surface area contributed by atoms with Crippen LogP contribution < -0.4 is 10.5 Å². The summed E-state index contributed by atoms with van der Waals surface area (Å²) in [6.07, 6.45) is -0.394. The van der Waals surface area contributed by atoms with Crippen LogP contribution in [0.25, 0.3) is 0 Å². The molecule has 88 valence electrons. The molecule has 1 unspecified atom stereocenters. The lowest BCUT2D eigenvalue weighted by Gasteiger charge is -2.13. The number of nitrogens with zero attached hydrogens (tertiary/aromatic N) is 1. The number of alkyl halides is 2. The van der Waals surface area contributed by atoms with Crippen molar-refractivity contribution in [2.75, 3.05) is 0 Å². The van der Waals surface area contributed by atoms with E-state index in [1.165, 1.54) is 6.07 Å². The summed E-state index contributed by atoms with van der Waals surface area (Å²) >= 11 is 0. The molecule has 0 saturated heterocycles. The number of hydrogen-bond acceptors (Lipinski definition) is 3. The Balaban J connectivity index is 2.24. The van der Waals surface area contributed by atoms with Crippen molar-refractivity contribution in [2.45, 2.75) is 37.8 Å². The number of rotatable bonds is 3. The summed E-state index contributed by atoms with van der Waals surface area (Å²) in [4.78, 5) is 4.02. The highest BCUT2D eigenvalue weighted by atomic mass is 19.3. The van der Waals surface area contributed by atoms with Crippen molar-refractivity contribution in [3.05, 3.63) is 23.9 Å². The lowest BCUT2D eigenvalue weighted by atomic mass is 10.1. The molecule has 0 bridgehead atoms. The first-order valence-electron chi connectivity index (χ1n) is 5.16. The standard InChI is InChI=1S/C11H14F2N2O/c1-7(2)16-9-5-3-4-8(15-9)10(14)6-11(10,12)13/h3-5,7H,6,14H2,1-2H3. The van der Waals surface area contributed by atoms with Crippen LogP contribution in [0.2, 0.25) is 0 Å². The van der Waals surface area contributed by atoms with Crippen molar-refractivity contribution in [3.8, 4) is 5.88 Å². The van der Waals surface area contributed by atoms with Crippen molar-refractivity contribution in [2.24, 2.45) is 5.73 Å². The van der Waals surface area contributed by atoms with E-state index in [0.29, 0.717) is 5.88 Å². The number of nitrogens with two attached hydrogens (primary N) is 1. The monoisotopic (exact) mass is 228 g/mol. The first-order chi connectivity index (χ1) is 7.35. The van der Waals surface area contributed by atoms with Gasteiger partial charge in [-0.2, -0.15) is 0 Å². The fourth-order valence-electron chi connectivity index (χ4n) is 1.55. The van der Waals surface area contributed by atoms with Crippen LogP contribution in [0.1, 0.15) is 26.0 Å². The van der Waals surface area contributed by atoms with Crippen molar-refractivity contribution < 1.29 is 13.5 Å². The zero-order chi connectivity index (χ0) is 12.0. The lowest BCUT2D eigenvalue weighted by Crippen LogP contribution is -2.28. The Morgan fingerprint density at radius 2 is 2.06 bits per heavy atom. The molecule has 1 aliphatic rings. The van der Waals surface area contributed by atoms with Crippen LogP contribution in [0.4, 0.5) is 8.78 Å². The van der Waals surface area contributed by atoms with Gasteiger partial charge in [-0.25, -0.2) is 13.8 Å². The van der Waals surface area contributed by atoms with E-state index < -0.39 is 11.5 Å². The van der Waals surface area contributed by atoms with Crippen LogP contribution in [0.15, 0.2) is 18.2 Å². The van der Waals surface area contributed by atoms with E-state index in [-0.39, 0.29) is 18.2 Å². The average Bonchev–Trinajstić information content (AvgIpc) is 2.67. The SMILES string of the molecule is CC(C)Oc1cccc(C2(N)CC2(F)F)n1. The molecule has 1 saturated carbocycles. The zero-order valence-electron chi connectivity index (χ0n) is 9.21. The molecule has 1 atom stereocenters. The van der Waals surface area contributed by atoms with Gasteiger partial charge in [-0.1, -0.05) is 6.07 Å². The van der Waals surface area contributed by atoms with E-state index in [1.54, 1.807) is 12.1 Å². The van der Waals surface area contributed by atoms with Gasteiger partial charge >= 0.3 is 0 Å². The molecule has 0 radical (unpaired) electrons. The lowest BCUT2D eigenvalue weighted by molar-refractivity contribution is 0.0878. The predicted octanol–water partition coefficient (Wildman–Crippen LogP) is 2.06. The normalized spacial score (nSPS) is 26.9. The number of halogens is 2. The highest BCUT2D eigenvalue weighted by Crippen LogP contribution is 2.57. The first kappa shape index (κ1) is 11.3. The number of aromatic nitrogens is 1. The highest BCUT2D eigenvalue weighted by Gasteiger charge is 2.71. The molecule has 1 aromatic rings. The maximum atomic E-state index is 13.1. The highest BCUT2D eigenvalue weighted by molar-refractivity contribution is 5.32. The quantitative estimate of drug-likeness (QED) is 0.861. The third kappa shape index (κ3) is 1.75. The Hall–Kier alpha value is -1.23. The van der Waals surface area contributed by atoms with E-state index in [1.807, 2.05) is 13.8 Å². The number of hydrogen-bond donors (Lipinski definition) is 1. The topological polar surface area (TPSA) is 48.1 Å². The molecule has 3 nitrogen and oxygen atoms in total. The van der Waals surface area contributed by atoms with Crippen LogP contribution in [0.5, 0.6) is 5.88 Å². The Kier molecular flexibility index (Phi) is 2.38. The third-order valence-electron chi connectivity index (χ3n) is 2.57. The molecule has 5 heteroatoms. The van der Waals surface area contributed by atoms with Gasteiger partial charge in [0.1, 0.15) is 5.54 Å².